The summed E-state index contributed by atoms with van der Waals surface area (Å²) >= 11 is 0. The second-order valence-corrected chi connectivity index (χ2v) is 7.46. The molecule has 1 fully saturated rings. The van der Waals surface area contributed by atoms with Gasteiger partial charge in [-0.2, -0.15) is 0 Å². The first-order valence-electron chi connectivity index (χ1n) is 9.80. The summed E-state index contributed by atoms with van der Waals surface area (Å²) in [5, 5.41) is 0. The Morgan fingerprint density at radius 3 is 2.69 bits per heavy atom. The summed E-state index contributed by atoms with van der Waals surface area (Å²) in [6.45, 7) is -0.0586. The van der Waals surface area contributed by atoms with E-state index in [4.69, 9.17) is 9.72 Å². The molecule has 1 saturated heterocycles. The molecule has 0 unspecified atom stereocenters. The first kappa shape index (κ1) is 17.8. The standard InChI is InChI=1S/C23H20FN3O2/c24-16-6-9-18(10-7-16)29-14-22(28)27-17-8-11-21(27)19-13-25-23(26-20(19)12-17)15-4-2-1-3-5-15/h1-7,9-10,13,17,21H,8,11-12,14H2/t17-,21+/m0/s1. The van der Waals surface area contributed by atoms with Gasteiger partial charge in [-0.15, -0.1) is 0 Å². The van der Waals surface area contributed by atoms with E-state index in [0.717, 1.165) is 41.9 Å². The van der Waals surface area contributed by atoms with Crippen molar-refractivity contribution >= 4 is 5.91 Å². The van der Waals surface area contributed by atoms with Gasteiger partial charge in [-0.1, -0.05) is 30.3 Å². The number of hydrogen-bond donors (Lipinski definition) is 0. The van der Waals surface area contributed by atoms with Gasteiger partial charge in [0.05, 0.1) is 11.7 Å². The van der Waals surface area contributed by atoms with Gasteiger partial charge in [-0.25, -0.2) is 14.4 Å². The molecule has 2 aromatic carbocycles. The number of ether oxygens (including phenoxy) is 1. The normalized spacial score (nSPS) is 19.7. The summed E-state index contributed by atoms with van der Waals surface area (Å²) in [6.07, 6.45) is 4.46. The number of fused-ring (bicyclic) bond motifs is 4. The Labute approximate surface area is 168 Å². The highest BCUT2D eigenvalue weighted by atomic mass is 19.1. The zero-order chi connectivity index (χ0) is 19.8. The van der Waals surface area contributed by atoms with E-state index in [0.29, 0.717) is 5.75 Å². The predicted octanol–water partition coefficient (Wildman–Crippen LogP) is 3.95. The van der Waals surface area contributed by atoms with Gasteiger partial charge in [0.2, 0.25) is 0 Å². The van der Waals surface area contributed by atoms with E-state index in [1.54, 1.807) is 0 Å². The van der Waals surface area contributed by atoms with E-state index in [1.807, 2.05) is 41.4 Å². The quantitative estimate of drug-likeness (QED) is 0.678. The van der Waals surface area contributed by atoms with E-state index >= 15 is 0 Å². The molecule has 2 atom stereocenters. The molecule has 0 radical (unpaired) electrons. The number of carbonyl (C=O) groups is 1. The fourth-order valence-electron chi connectivity index (χ4n) is 4.33. The van der Waals surface area contributed by atoms with Crippen molar-refractivity contribution in [1.29, 1.82) is 0 Å². The average molecular weight is 389 g/mol. The van der Waals surface area contributed by atoms with Crippen molar-refractivity contribution in [3.05, 3.63) is 77.9 Å². The number of amides is 1. The number of rotatable bonds is 4. The number of nitrogens with zero attached hydrogens (tertiary/aromatic N) is 3. The molecular weight excluding hydrogens is 369 g/mol. The molecule has 0 N–H and O–H groups in total. The van der Waals surface area contributed by atoms with Crippen LogP contribution in [0.25, 0.3) is 11.4 Å². The topological polar surface area (TPSA) is 55.3 Å². The Kier molecular flexibility index (Phi) is 4.46. The molecule has 0 aliphatic carbocycles. The zero-order valence-corrected chi connectivity index (χ0v) is 15.8. The number of hydrogen-bond acceptors (Lipinski definition) is 4. The molecule has 146 valence electrons. The van der Waals surface area contributed by atoms with Crippen LogP contribution in [0.2, 0.25) is 0 Å². The molecule has 5 nitrogen and oxygen atoms in total. The van der Waals surface area contributed by atoms with E-state index in [9.17, 15) is 9.18 Å². The Morgan fingerprint density at radius 1 is 1.10 bits per heavy atom. The lowest BCUT2D eigenvalue weighted by Gasteiger charge is -2.35. The molecule has 0 saturated carbocycles. The van der Waals surface area contributed by atoms with Crippen LogP contribution in [0.4, 0.5) is 4.39 Å². The van der Waals surface area contributed by atoms with Crippen molar-refractivity contribution in [2.75, 3.05) is 6.61 Å². The van der Waals surface area contributed by atoms with Gasteiger partial charge in [-0.05, 0) is 37.1 Å². The lowest BCUT2D eigenvalue weighted by atomic mass is 9.99. The molecule has 1 amide bonds. The van der Waals surface area contributed by atoms with Crippen LogP contribution in [0, 0.1) is 5.82 Å². The Bertz CT molecular complexity index is 1040. The Balaban J connectivity index is 1.34. The molecule has 3 heterocycles. The maximum atomic E-state index is 13.0. The van der Waals surface area contributed by atoms with Crippen LogP contribution < -0.4 is 4.74 Å². The maximum Gasteiger partial charge on any atom is 0.261 e. The average Bonchev–Trinajstić information content (AvgIpc) is 3.08. The fourth-order valence-corrected chi connectivity index (χ4v) is 4.33. The summed E-state index contributed by atoms with van der Waals surface area (Å²) < 4.78 is 18.6. The molecule has 2 aliphatic rings. The predicted molar refractivity (Wildman–Crippen MR) is 106 cm³/mol. The van der Waals surface area contributed by atoms with E-state index in [1.165, 1.54) is 24.3 Å². The number of aromatic nitrogens is 2. The van der Waals surface area contributed by atoms with Crippen molar-refractivity contribution in [2.45, 2.75) is 31.3 Å². The zero-order valence-electron chi connectivity index (χ0n) is 15.8. The second kappa shape index (κ2) is 7.28. The molecular formula is C23H20FN3O2. The van der Waals surface area contributed by atoms with Gasteiger partial charge < -0.3 is 9.64 Å². The van der Waals surface area contributed by atoms with Crippen LogP contribution in [-0.2, 0) is 11.2 Å². The van der Waals surface area contributed by atoms with Crippen molar-refractivity contribution in [3.63, 3.8) is 0 Å². The van der Waals surface area contributed by atoms with E-state index in [-0.39, 0.29) is 30.4 Å². The minimum atomic E-state index is -0.329. The number of benzene rings is 2. The smallest absolute Gasteiger partial charge is 0.261 e. The van der Waals surface area contributed by atoms with Crippen LogP contribution in [-0.4, -0.2) is 33.4 Å². The third-order valence-electron chi connectivity index (χ3n) is 5.69. The van der Waals surface area contributed by atoms with Gasteiger partial charge in [0.25, 0.3) is 5.91 Å². The molecule has 5 rings (SSSR count). The molecule has 6 heteroatoms. The molecule has 3 aromatic rings. The van der Waals surface area contributed by atoms with Crippen LogP contribution in [0.1, 0.15) is 30.1 Å². The summed E-state index contributed by atoms with van der Waals surface area (Å²) in [7, 11) is 0. The Hall–Kier alpha value is -3.28. The third-order valence-corrected chi connectivity index (χ3v) is 5.69. The lowest BCUT2D eigenvalue weighted by molar-refractivity contribution is -0.137. The lowest BCUT2D eigenvalue weighted by Crippen LogP contribution is -2.44. The summed E-state index contributed by atoms with van der Waals surface area (Å²) in [5.41, 5.74) is 3.07. The monoisotopic (exact) mass is 389 g/mol. The Morgan fingerprint density at radius 2 is 1.90 bits per heavy atom. The van der Waals surface area contributed by atoms with Crippen LogP contribution >= 0.6 is 0 Å². The minimum absolute atomic E-state index is 0.00195. The number of carbonyl (C=O) groups excluding carboxylic acids is 1. The fraction of sp³-hybridized carbons (Fsp3) is 0.261. The molecule has 0 spiro atoms. The van der Waals surface area contributed by atoms with Gasteiger partial charge in [0.15, 0.2) is 12.4 Å². The summed E-state index contributed by atoms with van der Waals surface area (Å²) in [6, 6.07) is 15.8. The second-order valence-electron chi connectivity index (χ2n) is 7.46. The first-order valence-corrected chi connectivity index (χ1v) is 9.80. The van der Waals surface area contributed by atoms with Crippen LogP contribution in [0.3, 0.4) is 0 Å². The first-order chi connectivity index (χ1) is 14.2. The van der Waals surface area contributed by atoms with Crippen LogP contribution in [0.15, 0.2) is 60.8 Å². The van der Waals surface area contributed by atoms with Gasteiger partial charge in [-0.3, -0.25) is 4.79 Å². The minimum Gasteiger partial charge on any atom is -0.484 e. The van der Waals surface area contributed by atoms with E-state index < -0.39 is 0 Å². The maximum absolute atomic E-state index is 13.0. The highest BCUT2D eigenvalue weighted by Crippen LogP contribution is 2.43. The highest BCUT2D eigenvalue weighted by Gasteiger charge is 2.43. The van der Waals surface area contributed by atoms with Crippen LogP contribution in [0.5, 0.6) is 5.75 Å². The largest absolute Gasteiger partial charge is 0.484 e. The number of halogens is 1. The van der Waals surface area contributed by atoms with Gasteiger partial charge in [0, 0.05) is 29.8 Å². The molecule has 1 aromatic heterocycles. The summed E-state index contributed by atoms with van der Waals surface area (Å²) in [5.74, 6) is 0.826. The van der Waals surface area contributed by atoms with Crippen molar-refractivity contribution in [2.24, 2.45) is 0 Å². The van der Waals surface area contributed by atoms with E-state index in [2.05, 4.69) is 4.98 Å². The van der Waals surface area contributed by atoms with Crippen molar-refractivity contribution in [3.8, 4) is 17.1 Å². The highest BCUT2D eigenvalue weighted by molar-refractivity contribution is 5.79. The molecule has 2 bridgehead atoms. The van der Waals surface area contributed by atoms with Crippen molar-refractivity contribution in [1.82, 2.24) is 14.9 Å². The summed E-state index contributed by atoms with van der Waals surface area (Å²) in [4.78, 5) is 24.2. The molecule has 2 aliphatic heterocycles. The third kappa shape index (κ3) is 3.35. The van der Waals surface area contributed by atoms with Gasteiger partial charge in [0.1, 0.15) is 11.6 Å². The van der Waals surface area contributed by atoms with Crippen molar-refractivity contribution < 1.29 is 13.9 Å². The molecule has 29 heavy (non-hydrogen) atoms. The SMILES string of the molecule is O=C(COc1ccc(F)cc1)N1[C@H]2CC[C@@H]1c1cnc(-c3ccccc3)nc1C2. The van der Waals surface area contributed by atoms with Gasteiger partial charge >= 0.3 is 0 Å².